The summed E-state index contributed by atoms with van der Waals surface area (Å²) in [5.41, 5.74) is 2.84. The number of esters is 1. The molecule has 170 valence electrons. The van der Waals surface area contributed by atoms with Gasteiger partial charge < -0.3 is 4.74 Å². The molecule has 3 atom stereocenters. The van der Waals surface area contributed by atoms with Crippen LogP contribution in [0, 0.1) is 5.92 Å². The first-order chi connectivity index (χ1) is 16.5. The Morgan fingerprint density at radius 3 is 2.12 bits per heavy atom. The van der Waals surface area contributed by atoms with Crippen molar-refractivity contribution in [2.45, 2.75) is 25.9 Å². The topological polar surface area (TPSA) is 79.3 Å². The Balaban J connectivity index is 1.55. The number of benzene rings is 3. The van der Waals surface area contributed by atoms with Crippen LogP contribution in [0.4, 0.5) is 5.69 Å². The van der Waals surface area contributed by atoms with Crippen molar-refractivity contribution < 1.29 is 19.1 Å². The Morgan fingerprint density at radius 1 is 0.882 bits per heavy atom. The van der Waals surface area contributed by atoms with Gasteiger partial charge in [0.05, 0.1) is 17.4 Å². The van der Waals surface area contributed by atoms with E-state index in [1.54, 1.807) is 29.3 Å². The summed E-state index contributed by atoms with van der Waals surface area (Å²) in [5.74, 6) is -1.29. The molecule has 5 rings (SSSR count). The van der Waals surface area contributed by atoms with Gasteiger partial charge in [0.15, 0.2) is 0 Å². The molecule has 0 aliphatic carbocycles. The van der Waals surface area contributed by atoms with E-state index in [9.17, 15) is 14.4 Å². The summed E-state index contributed by atoms with van der Waals surface area (Å²) in [6.45, 7) is 3.20. The van der Waals surface area contributed by atoms with Gasteiger partial charge in [0.1, 0.15) is 17.7 Å². The molecule has 0 spiro atoms. The van der Waals surface area contributed by atoms with E-state index in [1.165, 1.54) is 11.8 Å². The van der Waals surface area contributed by atoms with Gasteiger partial charge in [0.2, 0.25) is 5.91 Å². The molecule has 2 aliphatic heterocycles. The largest absolute Gasteiger partial charge is 0.427 e. The average molecular weight is 453 g/mol. The first-order valence-corrected chi connectivity index (χ1v) is 11.1. The van der Waals surface area contributed by atoms with Crippen LogP contribution in [0.15, 0.2) is 90.0 Å². The third-order valence-electron chi connectivity index (χ3n) is 6.18. The van der Waals surface area contributed by atoms with Gasteiger partial charge in [-0.15, -0.1) is 0 Å². The number of hydrazone groups is 1. The van der Waals surface area contributed by atoms with E-state index in [2.05, 4.69) is 0 Å². The third-order valence-corrected chi connectivity index (χ3v) is 6.18. The number of para-hydroxylation sites is 1. The van der Waals surface area contributed by atoms with E-state index in [-0.39, 0.29) is 11.8 Å². The summed E-state index contributed by atoms with van der Waals surface area (Å²) in [5, 5.41) is 6.40. The maximum absolute atomic E-state index is 13.7. The summed E-state index contributed by atoms with van der Waals surface area (Å²) in [6, 6.07) is 24.5. The Kier molecular flexibility index (Phi) is 5.45. The molecule has 3 aromatic carbocycles. The maximum atomic E-state index is 13.7. The number of ether oxygens (including phenoxy) is 1. The summed E-state index contributed by atoms with van der Waals surface area (Å²) in [6.07, 6.45) is 0. The predicted octanol–water partition coefficient (Wildman–Crippen LogP) is 3.95. The number of amides is 2. The van der Waals surface area contributed by atoms with Crippen LogP contribution in [0.2, 0.25) is 0 Å². The standard InChI is InChI=1S/C27H23N3O4/c1-17(19-9-5-3-6-10-19)29-26(32)23-24(20-13-15-22(16-14-20)34-18(2)31)28-30(25(23)27(29)33)21-11-7-4-8-12-21/h3-17,23,25H,1-2H3/t17-,23-,25+/m1/s1. The van der Waals surface area contributed by atoms with Crippen LogP contribution in [-0.4, -0.2) is 34.4 Å². The van der Waals surface area contributed by atoms with E-state index in [4.69, 9.17) is 9.84 Å². The van der Waals surface area contributed by atoms with Crippen LogP contribution in [-0.2, 0) is 14.4 Å². The minimum absolute atomic E-state index is 0.271. The Labute approximate surface area is 197 Å². The highest BCUT2D eigenvalue weighted by molar-refractivity contribution is 6.25. The molecule has 7 heteroatoms. The molecule has 2 aliphatic rings. The zero-order valence-corrected chi connectivity index (χ0v) is 18.8. The van der Waals surface area contributed by atoms with E-state index in [0.29, 0.717) is 17.0 Å². The fourth-order valence-corrected chi connectivity index (χ4v) is 4.59. The highest BCUT2D eigenvalue weighted by Gasteiger charge is 2.58. The van der Waals surface area contributed by atoms with Gasteiger partial charge >= 0.3 is 5.97 Å². The van der Waals surface area contributed by atoms with Crippen molar-refractivity contribution in [3.63, 3.8) is 0 Å². The second-order valence-corrected chi connectivity index (χ2v) is 8.34. The fourth-order valence-electron chi connectivity index (χ4n) is 4.59. The number of hydrogen-bond acceptors (Lipinski definition) is 6. The molecule has 0 aromatic heterocycles. The van der Waals surface area contributed by atoms with Crippen molar-refractivity contribution in [2.75, 3.05) is 5.01 Å². The molecule has 2 amide bonds. The second-order valence-electron chi connectivity index (χ2n) is 8.34. The zero-order chi connectivity index (χ0) is 23.8. The minimum Gasteiger partial charge on any atom is -0.427 e. The number of anilines is 1. The van der Waals surface area contributed by atoms with Gasteiger partial charge in [0.25, 0.3) is 5.91 Å². The van der Waals surface area contributed by atoms with Crippen molar-refractivity contribution in [1.82, 2.24) is 4.90 Å². The lowest BCUT2D eigenvalue weighted by Crippen LogP contribution is -2.40. The van der Waals surface area contributed by atoms with Gasteiger partial charge in [-0.05, 0) is 54.4 Å². The molecule has 0 unspecified atom stereocenters. The third kappa shape index (κ3) is 3.65. The van der Waals surface area contributed by atoms with E-state index < -0.39 is 24.0 Å². The molecular formula is C27H23N3O4. The number of imide groups is 1. The predicted molar refractivity (Wildman–Crippen MR) is 127 cm³/mol. The van der Waals surface area contributed by atoms with Crippen LogP contribution >= 0.6 is 0 Å². The second kappa shape index (κ2) is 8.59. The molecule has 3 aromatic rings. The number of nitrogens with zero attached hydrogens (tertiary/aromatic N) is 3. The molecular weight excluding hydrogens is 430 g/mol. The van der Waals surface area contributed by atoms with Gasteiger partial charge in [-0.25, -0.2) is 0 Å². The molecule has 7 nitrogen and oxygen atoms in total. The lowest BCUT2D eigenvalue weighted by atomic mass is 9.92. The van der Waals surface area contributed by atoms with Crippen molar-refractivity contribution in [1.29, 1.82) is 0 Å². The Hall–Kier alpha value is -4.26. The van der Waals surface area contributed by atoms with Crippen LogP contribution in [0.3, 0.4) is 0 Å². The number of carbonyl (C=O) groups excluding carboxylic acids is 3. The van der Waals surface area contributed by atoms with Crippen LogP contribution in [0.25, 0.3) is 0 Å². The molecule has 0 N–H and O–H groups in total. The van der Waals surface area contributed by atoms with Gasteiger partial charge in [-0.3, -0.25) is 24.3 Å². The minimum atomic E-state index is -0.760. The zero-order valence-electron chi connectivity index (χ0n) is 18.8. The monoisotopic (exact) mass is 453 g/mol. The molecule has 0 radical (unpaired) electrons. The van der Waals surface area contributed by atoms with E-state index in [1.807, 2.05) is 67.6 Å². The quantitative estimate of drug-likeness (QED) is 0.332. The van der Waals surface area contributed by atoms with Crippen molar-refractivity contribution >= 4 is 29.2 Å². The normalized spacial score (nSPS) is 20.2. The SMILES string of the molecule is CC(=O)Oc1ccc(C2=NN(c3ccccc3)[C@@H]3C(=O)N([C@H](C)c4ccccc4)C(=O)[C@H]23)cc1. The summed E-state index contributed by atoms with van der Waals surface area (Å²) in [4.78, 5) is 40.0. The average Bonchev–Trinajstić information content (AvgIpc) is 3.36. The Morgan fingerprint density at radius 2 is 1.50 bits per heavy atom. The highest BCUT2D eigenvalue weighted by Crippen LogP contribution is 2.40. The lowest BCUT2D eigenvalue weighted by molar-refractivity contribution is -0.141. The summed E-state index contributed by atoms with van der Waals surface area (Å²) in [7, 11) is 0. The molecule has 1 fully saturated rings. The number of carbonyl (C=O) groups is 3. The van der Waals surface area contributed by atoms with Crippen LogP contribution in [0.5, 0.6) is 5.75 Å². The lowest BCUT2D eigenvalue weighted by Gasteiger charge is -2.26. The number of hydrogen-bond donors (Lipinski definition) is 0. The van der Waals surface area contributed by atoms with Crippen molar-refractivity contribution in [2.24, 2.45) is 11.0 Å². The maximum Gasteiger partial charge on any atom is 0.308 e. The fraction of sp³-hybridized carbons (Fsp3) is 0.185. The summed E-state index contributed by atoms with van der Waals surface area (Å²) < 4.78 is 5.13. The van der Waals surface area contributed by atoms with Gasteiger partial charge in [0, 0.05) is 6.92 Å². The number of fused-ring (bicyclic) bond motifs is 1. The molecule has 0 bridgehead atoms. The van der Waals surface area contributed by atoms with Gasteiger partial charge in [-0.1, -0.05) is 48.5 Å². The van der Waals surface area contributed by atoms with E-state index >= 15 is 0 Å². The molecule has 1 saturated heterocycles. The highest BCUT2D eigenvalue weighted by atomic mass is 16.5. The smallest absolute Gasteiger partial charge is 0.308 e. The van der Waals surface area contributed by atoms with Crippen LogP contribution in [0.1, 0.15) is 31.0 Å². The molecule has 2 heterocycles. The van der Waals surface area contributed by atoms with Crippen LogP contribution < -0.4 is 9.75 Å². The first kappa shape index (κ1) is 21.6. The van der Waals surface area contributed by atoms with Crippen molar-refractivity contribution in [3.05, 3.63) is 96.1 Å². The number of likely N-dealkylation sites (tertiary alicyclic amines) is 1. The molecule has 0 saturated carbocycles. The molecule has 34 heavy (non-hydrogen) atoms. The Bertz CT molecular complexity index is 1270. The van der Waals surface area contributed by atoms with Gasteiger partial charge in [-0.2, -0.15) is 5.10 Å². The van der Waals surface area contributed by atoms with Crippen molar-refractivity contribution in [3.8, 4) is 5.75 Å². The van der Waals surface area contributed by atoms with E-state index in [0.717, 1.165) is 11.3 Å². The summed E-state index contributed by atoms with van der Waals surface area (Å²) >= 11 is 0. The first-order valence-electron chi connectivity index (χ1n) is 11.1. The number of rotatable bonds is 5.